The summed E-state index contributed by atoms with van der Waals surface area (Å²) in [5.41, 5.74) is 3.17. The topological polar surface area (TPSA) is 56.3 Å². The van der Waals surface area contributed by atoms with Crippen molar-refractivity contribution in [1.82, 2.24) is 10.2 Å². The molecule has 1 atom stereocenters. The third-order valence-corrected chi connectivity index (χ3v) is 5.08. The summed E-state index contributed by atoms with van der Waals surface area (Å²) in [5.74, 6) is 2.31. The standard InChI is InChI=1S/C24H21N3O2/c1-16-10-12-17(13-11-16)23-19-6-2-3-7-20(19)24(27-26-23)25-14-18-15-28-21-8-4-5-9-22(21)29-18/h2-13,18H,14-15H2,1H3,(H,25,27). The lowest BCUT2D eigenvalue weighted by atomic mass is 10.0. The Bertz CT molecular complexity index is 1160. The monoisotopic (exact) mass is 383 g/mol. The smallest absolute Gasteiger partial charge is 0.161 e. The van der Waals surface area contributed by atoms with Crippen molar-refractivity contribution in [1.29, 1.82) is 0 Å². The van der Waals surface area contributed by atoms with E-state index in [0.717, 1.165) is 39.3 Å². The second-order valence-corrected chi connectivity index (χ2v) is 7.19. The van der Waals surface area contributed by atoms with E-state index in [1.807, 2.05) is 36.4 Å². The van der Waals surface area contributed by atoms with E-state index in [1.165, 1.54) is 5.56 Å². The SMILES string of the molecule is Cc1ccc(-c2nnc(NCC3COc4ccccc4O3)c3ccccc23)cc1. The molecule has 0 aliphatic carbocycles. The first-order valence-electron chi connectivity index (χ1n) is 9.73. The Labute approximate surface area is 169 Å². The van der Waals surface area contributed by atoms with Gasteiger partial charge in [-0.25, -0.2) is 0 Å². The van der Waals surface area contributed by atoms with Gasteiger partial charge in [0.05, 0.1) is 6.54 Å². The average Bonchev–Trinajstić information content (AvgIpc) is 2.78. The zero-order chi connectivity index (χ0) is 19.6. The number of rotatable bonds is 4. The molecule has 144 valence electrons. The Kier molecular flexibility index (Phi) is 4.48. The Morgan fingerprint density at radius 3 is 2.41 bits per heavy atom. The van der Waals surface area contributed by atoms with Gasteiger partial charge in [-0.2, -0.15) is 0 Å². The Morgan fingerprint density at radius 1 is 0.862 bits per heavy atom. The van der Waals surface area contributed by atoms with Gasteiger partial charge in [0.25, 0.3) is 0 Å². The summed E-state index contributed by atoms with van der Waals surface area (Å²) in [4.78, 5) is 0. The zero-order valence-corrected chi connectivity index (χ0v) is 16.1. The number of nitrogens with one attached hydrogen (secondary N) is 1. The van der Waals surface area contributed by atoms with Crippen molar-refractivity contribution in [3.05, 3.63) is 78.4 Å². The molecule has 0 bridgehead atoms. The highest BCUT2D eigenvalue weighted by Gasteiger charge is 2.21. The molecular weight excluding hydrogens is 362 g/mol. The van der Waals surface area contributed by atoms with Crippen molar-refractivity contribution < 1.29 is 9.47 Å². The van der Waals surface area contributed by atoms with Gasteiger partial charge >= 0.3 is 0 Å². The largest absolute Gasteiger partial charge is 0.486 e. The number of aromatic nitrogens is 2. The molecule has 0 amide bonds. The number of ether oxygens (including phenoxy) is 2. The lowest BCUT2D eigenvalue weighted by Crippen LogP contribution is -2.35. The van der Waals surface area contributed by atoms with Crippen molar-refractivity contribution in [2.24, 2.45) is 0 Å². The fraction of sp³-hybridized carbons (Fsp3) is 0.167. The number of fused-ring (bicyclic) bond motifs is 2. The maximum Gasteiger partial charge on any atom is 0.161 e. The minimum atomic E-state index is -0.0952. The highest BCUT2D eigenvalue weighted by atomic mass is 16.6. The lowest BCUT2D eigenvalue weighted by Gasteiger charge is -2.26. The first-order chi connectivity index (χ1) is 14.3. The normalized spacial score (nSPS) is 15.3. The van der Waals surface area contributed by atoms with Crippen LogP contribution in [0, 0.1) is 6.92 Å². The van der Waals surface area contributed by atoms with Crippen LogP contribution in [0.25, 0.3) is 22.0 Å². The van der Waals surface area contributed by atoms with Crippen molar-refractivity contribution in [2.75, 3.05) is 18.5 Å². The molecule has 5 nitrogen and oxygen atoms in total. The second-order valence-electron chi connectivity index (χ2n) is 7.19. The summed E-state index contributed by atoms with van der Waals surface area (Å²) < 4.78 is 11.8. The molecule has 0 spiro atoms. The van der Waals surface area contributed by atoms with Crippen LogP contribution in [0.2, 0.25) is 0 Å². The van der Waals surface area contributed by atoms with E-state index in [4.69, 9.17) is 9.47 Å². The number of hydrogen-bond acceptors (Lipinski definition) is 5. The first kappa shape index (κ1) is 17.5. The summed E-state index contributed by atoms with van der Waals surface area (Å²) in [6, 6.07) is 24.3. The number of aryl methyl sites for hydroxylation is 1. The molecule has 5 rings (SSSR count). The van der Waals surface area contributed by atoms with E-state index in [-0.39, 0.29) is 6.10 Å². The van der Waals surface area contributed by atoms with Gasteiger partial charge in [-0.1, -0.05) is 66.2 Å². The Hall–Kier alpha value is -3.60. The quantitative estimate of drug-likeness (QED) is 0.546. The fourth-order valence-corrected chi connectivity index (χ4v) is 3.53. The molecule has 1 aliphatic heterocycles. The van der Waals surface area contributed by atoms with Gasteiger partial charge in [-0.3, -0.25) is 0 Å². The number of nitrogens with zero attached hydrogens (tertiary/aromatic N) is 2. The molecule has 0 fully saturated rings. The van der Waals surface area contributed by atoms with E-state index in [2.05, 4.69) is 58.8 Å². The molecule has 29 heavy (non-hydrogen) atoms. The molecule has 0 saturated carbocycles. The molecule has 3 aromatic carbocycles. The molecule has 1 aromatic heterocycles. The van der Waals surface area contributed by atoms with Crippen LogP contribution in [0.15, 0.2) is 72.8 Å². The van der Waals surface area contributed by atoms with E-state index >= 15 is 0 Å². The molecule has 1 aliphatic rings. The summed E-state index contributed by atoms with van der Waals surface area (Å²) in [6.45, 7) is 3.16. The van der Waals surface area contributed by atoms with Gasteiger partial charge in [0.1, 0.15) is 18.4 Å². The van der Waals surface area contributed by atoms with Crippen molar-refractivity contribution in [3.63, 3.8) is 0 Å². The van der Waals surface area contributed by atoms with Crippen LogP contribution in [0.1, 0.15) is 5.56 Å². The summed E-state index contributed by atoms with van der Waals surface area (Å²) >= 11 is 0. The Morgan fingerprint density at radius 2 is 1.59 bits per heavy atom. The highest BCUT2D eigenvalue weighted by molar-refractivity contribution is 6.00. The predicted molar refractivity (Wildman–Crippen MR) is 115 cm³/mol. The number of para-hydroxylation sites is 2. The highest BCUT2D eigenvalue weighted by Crippen LogP contribution is 2.32. The van der Waals surface area contributed by atoms with Gasteiger partial charge in [0.15, 0.2) is 17.3 Å². The molecular formula is C24H21N3O2. The Balaban J connectivity index is 1.40. The van der Waals surface area contributed by atoms with Crippen molar-refractivity contribution in [3.8, 4) is 22.8 Å². The van der Waals surface area contributed by atoms with Gasteiger partial charge < -0.3 is 14.8 Å². The molecule has 0 radical (unpaired) electrons. The second kappa shape index (κ2) is 7.43. The van der Waals surface area contributed by atoms with Crippen LogP contribution in [0.3, 0.4) is 0 Å². The predicted octanol–water partition coefficient (Wildman–Crippen LogP) is 4.86. The fourth-order valence-electron chi connectivity index (χ4n) is 3.53. The third-order valence-electron chi connectivity index (χ3n) is 5.08. The number of hydrogen-bond donors (Lipinski definition) is 1. The summed E-state index contributed by atoms with van der Waals surface area (Å²) in [7, 11) is 0. The van der Waals surface area contributed by atoms with Crippen molar-refractivity contribution in [2.45, 2.75) is 13.0 Å². The molecule has 2 heterocycles. The number of benzene rings is 3. The molecule has 4 aromatic rings. The van der Waals surface area contributed by atoms with Gasteiger partial charge in [0.2, 0.25) is 0 Å². The van der Waals surface area contributed by atoms with Gasteiger partial charge in [-0.05, 0) is 19.1 Å². The lowest BCUT2D eigenvalue weighted by molar-refractivity contribution is 0.0997. The average molecular weight is 383 g/mol. The first-order valence-corrected chi connectivity index (χ1v) is 9.73. The minimum absolute atomic E-state index is 0.0952. The van der Waals surface area contributed by atoms with Crippen LogP contribution in [-0.2, 0) is 0 Å². The van der Waals surface area contributed by atoms with Crippen LogP contribution < -0.4 is 14.8 Å². The minimum Gasteiger partial charge on any atom is -0.486 e. The maximum absolute atomic E-state index is 6.03. The van der Waals surface area contributed by atoms with E-state index in [0.29, 0.717) is 13.2 Å². The number of anilines is 1. The summed E-state index contributed by atoms with van der Waals surface area (Å²) in [6.07, 6.45) is -0.0952. The molecule has 5 heteroatoms. The molecule has 0 saturated heterocycles. The molecule has 1 unspecified atom stereocenters. The van der Waals surface area contributed by atoms with Crippen LogP contribution in [0.5, 0.6) is 11.5 Å². The van der Waals surface area contributed by atoms with E-state index < -0.39 is 0 Å². The summed E-state index contributed by atoms with van der Waals surface area (Å²) in [5, 5.41) is 14.5. The van der Waals surface area contributed by atoms with Crippen LogP contribution in [-0.4, -0.2) is 29.5 Å². The van der Waals surface area contributed by atoms with Gasteiger partial charge in [0, 0.05) is 16.3 Å². The van der Waals surface area contributed by atoms with Crippen LogP contribution >= 0.6 is 0 Å². The maximum atomic E-state index is 6.03. The van der Waals surface area contributed by atoms with E-state index in [1.54, 1.807) is 0 Å². The van der Waals surface area contributed by atoms with Crippen molar-refractivity contribution >= 4 is 16.6 Å². The zero-order valence-electron chi connectivity index (χ0n) is 16.1. The third kappa shape index (κ3) is 3.47. The van der Waals surface area contributed by atoms with Crippen LogP contribution in [0.4, 0.5) is 5.82 Å². The van der Waals surface area contributed by atoms with Gasteiger partial charge in [-0.15, -0.1) is 10.2 Å². The van der Waals surface area contributed by atoms with E-state index in [9.17, 15) is 0 Å². The molecule has 1 N–H and O–H groups in total.